The van der Waals surface area contributed by atoms with Crippen LogP contribution in [0.4, 0.5) is 0 Å². The molecule has 0 spiro atoms. The van der Waals surface area contributed by atoms with Crippen LogP contribution in [-0.2, 0) is 9.59 Å². The van der Waals surface area contributed by atoms with Crippen LogP contribution in [0.5, 0.6) is 5.75 Å². The summed E-state index contributed by atoms with van der Waals surface area (Å²) < 4.78 is 6.59. The number of fused-ring (bicyclic) bond motifs is 1. The van der Waals surface area contributed by atoms with Gasteiger partial charge in [-0.05, 0) is 25.1 Å². The van der Waals surface area contributed by atoms with Gasteiger partial charge < -0.3 is 10.1 Å². The van der Waals surface area contributed by atoms with Crippen LogP contribution >= 0.6 is 11.3 Å². The zero-order valence-electron chi connectivity index (χ0n) is 10.5. The molecule has 1 aromatic heterocycles. The highest BCUT2D eigenvalue weighted by molar-refractivity contribution is 7.16. The van der Waals surface area contributed by atoms with Crippen molar-refractivity contribution in [3.63, 3.8) is 0 Å². The fraction of sp³-hybridized carbons (Fsp3) is 0.308. The summed E-state index contributed by atoms with van der Waals surface area (Å²) in [6.45, 7) is 2.14. The number of thiazole rings is 1. The molecule has 1 heterocycles. The summed E-state index contributed by atoms with van der Waals surface area (Å²) in [5.74, 6) is 0.334. The van der Waals surface area contributed by atoms with E-state index in [1.807, 2.05) is 18.2 Å². The number of carbonyl (C=O) groups is 2. The standard InChI is InChI=1S/C13H14N2O3S/c1-9(16)6-13(17)14-4-5-18-10-2-3-11-12(7-10)19-8-15-11/h2-3,7-8H,4-6H2,1H3,(H,14,17). The normalized spacial score (nSPS) is 10.4. The monoisotopic (exact) mass is 278 g/mol. The van der Waals surface area contributed by atoms with E-state index in [1.165, 1.54) is 6.92 Å². The Balaban J connectivity index is 1.76. The van der Waals surface area contributed by atoms with Crippen molar-refractivity contribution in [1.82, 2.24) is 10.3 Å². The number of hydrogen-bond acceptors (Lipinski definition) is 5. The molecule has 0 unspecified atom stereocenters. The first-order valence-electron chi connectivity index (χ1n) is 5.87. The third-order valence-corrected chi connectivity index (χ3v) is 3.20. The molecule has 19 heavy (non-hydrogen) atoms. The predicted octanol–water partition coefficient (Wildman–Crippen LogP) is 1.77. The molecule has 100 valence electrons. The van der Waals surface area contributed by atoms with E-state index in [9.17, 15) is 9.59 Å². The zero-order valence-corrected chi connectivity index (χ0v) is 11.3. The number of rotatable bonds is 6. The Morgan fingerprint density at radius 2 is 2.26 bits per heavy atom. The fourth-order valence-electron chi connectivity index (χ4n) is 1.57. The summed E-state index contributed by atoms with van der Waals surface area (Å²) in [6.07, 6.45) is -0.0766. The van der Waals surface area contributed by atoms with Crippen LogP contribution in [0.25, 0.3) is 10.2 Å². The molecule has 0 aliphatic carbocycles. The molecule has 0 saturated heterocycles. The number of Topliss-reactive ketones (excluding diaryl/α,β-unsaturated/α-hetero) is 1. The summed E-state index contributed by atoms with van der Waals surface area (Å²) in [5, 5.41) is 2.62. The van der Waals surface area contributed by atoms with Crippen LogP contribution in [0.15, 0.2) is 23.7 Å². The third-order valence-electron chi connectivity index (χ3n) is 2.41. The van der Waals surface area contributed by atoms with Gasteiger partial charge in [0.1, 0.15) is 18.1 Å². The zero-order chi connectivity index (χ0) is 13.7. The van der Waals surface area contributed by atoms with Gasteiger partial charge in [-0.3, -0.25) is 9.59 Å². The Kier molecular flexibility index (Phi) is 4.46. The van der Waals surface area contributed by atoms with Crippen LogP contribution in [0.3, 0.4) is 0 Å². The summed E-state index contributed by atoms with van der Waals surface area (Å²) in [6, 6.07) is 5.67. The maximum absolute atomic E-state index is 11.2. The van der Waals surface area contributed by atoms with Gasteiger partial charge in [-0.15, -0.1) is 11.3 Å². The molecule has 5 nitrogen and oxygen atoms in total. The number of aromatic nitrogens is 1. The molecule has 6 heteroatoms. The van der Waals surface area contributed by atoms with E-state index < -0.39 is 0 Å². The number of nitrogens with one attached hydrogen (secondary N) is 1. The molecule has 0 bridgehead atoms. The maximum atomic E-state index is 11.2. The van der Waals surface area contributed by atoms with E-state index in [2.05, 4.69) is 10.3 Å². The topological polar surface area (TPSA) is 68.3 Å². The van der Waals surface area contributed by atoms with Crippen LogP contribution < -0.4 is 10.1 Å². The number of ketones is 1. The van der Waals surface area contributed by atoms with Gasteiger partial charge in [-0.1, -0.05) is 0 Å². The molecule has 0 aliphatic heterocycles. The van der Waals surface area contributed by atoms with Gasteiger partial charge in [-0.2, -0.15) is 0 Å². The van der Waals surface area contributed by atoms with E-state index in [-0.39, 0.29) is 18.1 Å². The Hall–Kier alpha value is -1.95. The third kappa shape index (κ3) is 4.03. The van der Waals surface area contributed by atoms with Gasteiger partial charge in [0.2, 0.25) is 5.91 Å². The van der Waals surface area contributed by atoms with Gasteiger partial charge in [0.15, 0.2) is 0 Å². The molecule has 1 aromatic carbocycles. The number of carbonyl (C=O) groups excluding carboxylic acids is 2. The number of benzene rings is 1. The lowest BCUT2D eigenvalue weighted by molar-refractivity contribution is -0.127. The number of amides is 1. The highest BCUT2D eigenvalue weighted by atomic mass is 32.1. The van der Waals surface area contributed by atoms with Crippen molar-refractivity contribution < 1.29 is 14.3 Å². The molecule has 0 radical (unpaired) electrons. The van der Waals surface area contributed by atoms with Crippen molar-refractivity contribution in [2.75, 3.05) is 13.2 Å². The maximum Gasteiger partial charge on any atom is 0.227 e. The second-order valence-corrected chi connectivity index (χ2v) is 4.95. The number of nitrogens with zero attached hydrogens (tertiary/aromatic N) is 1. The van der Waals surface area contributed by atoms with Crippen molar-refractivity contribution in [2.24, 2.45) is 0 Å². The van der Waals surface area contributed by atoms with E-state index in [4.69, 9.17) is 4.74 Å². The minimum Gasteiger partial charge on any atom is -0.492 e. The number of hydrogen-bond donors (Lipinski definition) is 1. The van der Waals surface area contributed by atoms with Crippen LogP contribution in [0, 0.1) is 0 Å². The number of ether oxygens (including phenoxy) is 1. The highest BCUT2D eigenvalue weighted by Crippen LogP contribution is 2.22. The summed E-state index contributed by atoms with van der Waals surface area (Å²) in [7, 11) is 0. The summed E-state index contributed by atoms with van der Waals surface area (Å²) in [5.41, 5.74) is 2.74. The lowest BCUT2D eigenvalue weighted by atomic mass is 10.3. The van der Waals surface area contributed by atoms with Gasteiger partial charge in [0.05, 0.1) is 28.7 Å². The lowest BCUT2D eigenvalue weighted by Gasteiger charge is -2.07. The average molecular weight is 278 g/mol. The van der Waals surface area contributed by atoms with Crippen molar-refractivity contribution >= 4 is 33.2 Å². The second kappa shape index (κ2) is 6.29. The van der Waals surface area contributed by atoms with Crippen molar-refractivity contribution in [3.05, 3.63) is 23.7 Å². The second-order valence-electron chi connectivity index (χ2n) is 4.06. The average Bonchev–Trinajstić information content (AvgIpc) is 2.81. The molecule has 2 rings (SSSR count). The van der Waals surface area contributed by atoms with Crippen LogP contribution in [0.1, 0.15) is 13.3 Å². The van der Waals surface area contributed by atoms with E-state index in [0.29, 0.717) is 13.2 Å². The Bertz CT molecular complexity index is 594. The minimum absolute atomic E-state index is 0.0766. The largest absolute Gasteiger partial charge is 0.492 e. The minimum atomic E-state index is -0.269. The first kappa shape index (κ1) is 13.5. The quantitative estimate of drug-likeness (QED) is 0.646. The Labute approximate surface area is 114 Å². The Morgan fingerprint density at radius 1 is 1.42 bits per heavy atom. The van der Waals surface area contributed by atoms with Crippen molar-refractivity contribution in [3.8, 4) is 5.75 Å². The van der Waals surface area contributed by atoms with Gasteiger partial charge >= 0.3 is 0 Å². The van der Waals surface area contributed by atoms with E-state index >= 15 is 0 Å². The smallest absolute Gasteiger partial charge is 0.227 e. The predicted molar refractivity (Wildman–Crippen MR) is 73.4 cm³/mol. The molecule has 1 amide bonds. The van der Waals surface area contributed by atoms with E-state index in [0.717, 1.165) is 16.0 Å². The van der Waals surface area contributed by atoms with Crippen LogP contribution in [-0.4, -0.2) is 29.8 Å². The molecular weight excluding hydrogens is 264 g/mol. The van der Waals surface area contributed by atoms with Gasteiger partial charge in [-0.25, -0.2) is 4.98 Å². The van der Waals surface area contributed by atoms with E-state index in [1.54, 1.807) is 16.8 Å². The molecule has 0 atom stereocenters. The van der Waals surface area contributed by atoms with Gasteiger partial charge in [0, 0.05) is 0 Å². The SMILES string of the molecule is CC(=O)CC(=O)NCCOc1ccc2ncsc2c1. The lowest BCUT2D eigenvalue weighted by Crippen LogP contribution is -2.29. The molecule has 0 saturated carbocycles. The molecule has 2 aromatic rings. The summed E-state index contributed by atoms with van der Waals surface area (Å²) in [4.78, 5) is 26.1. The summed E-state index contributed by atoms with van der Waals surface area (Å²) >= 11 is 1.55. The first-order chi connectivity index (χ1) is 9.15. The fourth-order valence-corrected chi connectivity index (χ4v) is 2.28. The van der Waals surface area contributed by atoms with Crippen molar-refractivity contribution in [1.29, 1.82) is 0 Å². The molecular formula is C13H14N2O3S. The highest BCUT2D eigenvalue weighted by Gasteiger charge is 2.04. The van der Waals surface area contributed by atoms with Gasteiger partial charge in [0.25, 0.3) is 0 Å². The first-order valence-corrected chi connectivity index (χ1v) is 6.75. The molecule has 1 N–H and O–H groups in total. The molecule has 0 fully saturated rings. The molecule has 0 aliphatic rings. The van der Waals surface area contributed by atoms with Crippen LogP contribution in [0.2, 0.25) is 0 Å². The van der Waals surface area contributed by atoms with Crippen molar-refractivity contribution in [2.45, 2.75) is 13.3 Å². The Morgan fingerprint density at radius 3 is 3.05 bits per heavy atom.